The molecule has 0 fully saturated rings. The number of phosphoric ester groups is 2. The molecule has 97 heavy (non-hydrogen) atoms. The van der Waals surface area contributed by atoms with Gasteiger partial charge < -0.3 is 33.8 Å². The molecule has 0 aliphatic heterocycles. The first-order valence-corrected chi connectivity index (χ1v) is 42.8. The standard InChI is InChI=1S/C78H148O17P2/c1-7-10-12-14-16-18-20-22-24-25-26-28-30-32-36-44-50-56-62-77(82)94-73(66-88-75(80)60-54-48-42-35-31-29-27-23-21-19-17-15-13-11-8-2)68-92-96(84,85)90-64-72(79)65-91-97(86,87)93-69-74(95-78(83)63-57-51-45-37-33-34-40-46-52-58-70(4)5)67-89-76(81)61-55-49-43-39-38-41-47-53-59-71(6)9-3/h19,21,23,27,70-74,79H,7-18,20,22,24-26,28-69H2,1-6H3,(H,84,85)(H,86,87)/b21-19-,27-23-/t71?,72-,73-,74-/m1/s1. The normalized spacial score (nSPS) is 14.4. The molecule has 6 atom stereocenters. The van der Waals surface area contributed by atoms with Crippen LogP contribution in [0.4, 0.5) is 0 Å². The fourth-order valence-electron chi connectivity index (χ4n) is 11.4. The minimum atomic E-state index is -4.97. The quantitative estimate of drug-likeness (QED) is 0.0169. The smallest absolute Gasteiger partial charge is 0.462 e. The third-order valence-electron chi connectivity index (χ3n) is 17.9. The molecule has 0 aromatic heterocycles. The largest absolute Gasteiger partial charge is 0.472 e. The summed E-state index contributed by atoms with van der Waals surface area (Å²) < 4.78 is 68.6. The lowest BCUT2D eigenvalue weighted by Crippen LogP contribution is -2.30. The molecule has 0 bridgehead atoms. The molecule has 0 aromatic rings. The minimum Gasteiger partial charge on any atom is -0.462 e. The molecule has 19 heteroatoms. The highest BCUT2D eigenvalue weighted by Gasteiger charge is 2.30. The van der Waals surface area contributed by atoms with Gasteiger partial charge in [-0.15, -0.1) is 0 Å². The summed E-state index contributed by atoms with van der Waals surface area (Å²) in [6.45, 7) is 9.52. The zero-order valence-corrected chi connectivity index (χ0v) is 64.7. The van der Waals surface area contributed by atoms with E-state index in [1.807, 2.05) is 0 Å². The highest BCUT2D eigenvalue weighted by atomic mass is 31.2. The van der Waals surface area contributed by atoms with E-state index in [0.717, 1.165) is 121 Å². The Morgan fingerprint density at radius 1 is 0.340 bits per heavy atom. The number of carbonyl (C=O) groups is 4. The summed E-state index contributed by atoms with van der Waals surface area (Å²) in [6.07, 6.45) is 60.4. The lowest BCUT2D eigenvalue weighted by atomic mass is 9.99. The lowest BCUT2D eigenvalue weighted by Gasteiger charge is -2.21. The number of hydrogen-bond donors (Lipinski definition) is 3. The molecule has 0 spiro atoms. The third kappa shape index (κ3) is 70.4. The second-order valence-corrected chi connectivity index (χ2v) is 31.0. The van der Waals surface area contributed by atoms with E-state index in [1.54, 1.807) is 0 Å². The molecule has 0 aliphatic rings. The number of esters is 4. The van der Waals surface area contributed by atoms with Crippen LogP contribution < -0.4 is 0 Å². The Morgan fingerprint density at radius 2 is 0.608 bits per heavy atom. The SMILES string of the molecule is CCCCCC/C=C\C=C/CCCCCCCC(=O)OC[C@H](COP(=O)(O)OC[C@@H](O)COP(=O)(O)OC[C@@H](COC(=O)CCCCCCCCCCC(C)CC)OC(=O)CCCCCCCCCCCC(C)C)OC(=O)CCCCCCCCCCCCCCCCCCCC. The molecule has 0 aliphatic carbocycles. The number of aliphatic hydroxyl groups is 1. The summed E-state index contributed by atoms with van der Waals surface area (Å²) in [4.78, 5) is 72.9. The van der Waals surface area contributed by atoms with Crippen LogP contribution in [-0.2, 0) is 65.4 Å². The van der Waals surface area contributed by atoms with Crippen molar-refractivity contribution in [3.8, 4) is 0 Å². The van der Waals surface area contributed by atoms with Crippen LogP contribution >= 0.6 is 15.6 Å². The number of aliphatic hydroxyl groups excluding tert-OH is 1. The number of rotatable bonds is 75. The average molecular weight is 1420 g/mol. The van der Waals surface area contributed by atoms with Crippen molar-refractivity contribution in [2.24, 2.45) is 11.8 Å². The Morgan fingerprint density at radius 3 is 0.928 bits per heavy atom. The predicted octanol–water partition coefficient (Wildman–Crippen LogP) is 22.7. The maximum Gasteiger partial charge on any atom is 0.472 e. The van der Waals surface area contributed by atoms with Gasteiger partial charge in [-0.25, -0.2) is 9.13 Å². The summed E-state index contributed by atoms with van der Waals surface area (Å²) in [5, 5.41) is 10.6. The fourth-order valence-corrected chi connectivity index (χ4v) is 13.0. The first kappa shape index (κ1) is 94.5. The molecule has 0 radical (unpaired) electrons. The van der Waals surface area contributed by atoms with Gasteiger partial charge in [0, 0.05) is 25.7 Å². The van der Waals surface area contributed by atoms with Gasteiger partial charge in [0.05, 0.1) is 26.4 Å². The summed E-state index contributed by atoms with van der Waals surface area (Å²) >= 11 is 0. The molecule has 3 unspecified atom stereocenters. The van der Waals surface area contributed by atoms with E-state index in [1.165, 1.54) is 180 Å². The van der Waals surface area contributed by atoms with Crippen molar-refractivity contribution in [2.45, 2.75) is 400 Å². The van der Waals surface area contributed by atoms with Crippen molar-refractivity contribution in [2.75, 3.05) is 39.6 Å². The Hall–Kier alpha value is -2.46. The zero-order chi connectivity index (χ0) is 71.4. The zero-order valence-electron chi connectivity index (χ0n) is 62.9. The third-order valence-corrected chi connectivity index (χ3v) is 19.8. The molecule has 0 amide bonds. The Kier molecular flexibility index (Phi) is 67.5. The van der Waals surface area contributed by atoms with Crippen LogP contribution in [0.25, 0.3) is 0 Å². The van der Waals surface area contributed by atoms with Crippen LogP contribution in [-0.4, -0.2) is 96.7 Å². The first-order valence-electron chi connectivity index (χ1n) is 39.8. The van der Waals surface area contributed by atoms with Crippen molar-refractivity contribution in [3.05, 3.63) is 24.3 Å². The van der Waals surface area contributed by atoms with E-state index in [9.17, 15) is 43.2 Å². The summed E-state index contributed by atoms with van der Waals surface area (Å²) in [6, 6.07) is 0. The molecule has 0 saturated carbocycles. The number of unbranched alkanes of at least 4 members (excludes halogenated alkanes) is 41. The van der Waals surface area contributed by atoms with E-state index in [2.05, 4.69) is 65.8 Å². The summed E-state index contributed by atoms with van der Waals surface area (Å²) in [5.74, 6) is -0.633. The van der Waals surface area contributed by atoms with Crippen LogP contribution in [0.3, 0.4) is 0 Å². The van der Waals surface area contributed by atoms with Crippen molar-refractivity contribution in [1.82, 2.24) is 0 Å². The molecule has 3 N–H and O–H groups in total. The Bertz CT molecular complexity index is 1970. The lowest BCUT2D eigenvalue weighted by molar-refractivity contribution is -0.161. The molecule has 17 nitrogen and oxygen atoms in total. The van der Waals surface area contributed by atoms with Gasteiger partial charge >= 0.3 is 39.5 Å². The number of hydrogen-bond acceptors (Lipinski definition) is 15. The maximum atomic E-state index is 13.1. The average Bonchev–Trinajstić information content (AvgIpc) is 1.27. The Labute approximate surface area is 592 Å². The van der Waals surface area contributed by atoms with Gasteiger partial charge in [-0.05, 0) is 63.2 Å². The van der Waals surface area contributed by atoms with Crippen LogP contribution in [0.1, 0.15) is 382 Å². The fraction of sp³-hybridized carbons (Fsp3) is 0.897. The maximum absolute atomic E-state index is 13.1. The summed E-state index contributed by atoms with van der Waals surface area (Å²) in [5.41, 5.74) is 0. The van der Waals surface area contributed by atoms with Gasteiger partial charge in [0.2, 0.25) is 0 Å². The topological polar surface area (TPSA) is 237 Å². The summed E-state index contributed by atoms with van der Waals surface area (Å²) in [7, 11) is -9.93. The number of carbonyl (C=O) groups excluding carboxylic acids is 4. The van der Waals surface area contributed by atoms with Gasteiger partial charge in [0.1, 0.15) is 19.3 Å². The molecule has 0 saturated heterocycles. The first-order chi connectivity index (χ1) is 46.9. The van der Waals surface area contributed by atoms with Crippen LogP contribution in [0.2, 0.25) is 0 Å². The van der Waals surface area contributed by atoms with E-state index in [-0.39, 0.29) is 25.7 Å². The molecular weight excluding hydrogens is 1270 g/mol. The molecule has 0 heterocycles. The van der Waals surface area contributed by atoms with Gasteiger partial charge in [-0.1, -0.05) is 329 Å². The van der Waals surface area contributed by atoms with E-state index >= 15 is 0 Å². The van der Waals surface area contributed by atoms with Crippen LogP contribution in [0.15, 0.2) is 24.3 Å². The van der Waals surface area contributed by atoms with E-state index in [4.69, 9.17) is 37.0 Å². The van der Waals surface area contributed by atoms with Crippen molar-refractivity contribution >= 4 is 39.5 Å². The van der Waals surface area contributed by atoms with Gasteiger partial charge in [-0.3, -0.25) is 37.3 Å². The van der Waals surface area contributed by atoms with Gasteiger partial charge in [0.25, 0.3) is 0 Å². The molecule has 0 aromatic carbocycles. The highest BCUT2D eigenvalue weighted by molar-refractivity contribution is 7.47. The Balaban J connectivity index is 5.29. The predicted molar refractivity (Wildman–Crippen MR) is 395 cm³/mol. The monoisotopic (exact) mass is 1420 g/mol. The molecular formula is C78H148O17P2. The van der Waals surface area contributed by atoms with Crippen LogP contribution in [0, 0.1) is 11.8 Å². The highest BCUT2D eigenvalue weighted by Crippen LogP contribution is 2.45. The van der Waals surface area contributed by atoms with Gasteiger partial charge in [0.15, 0.2) is 12.2 Å². The van der Waals surface area contributed by atoms with Crippen molar-refractivity contribution in [3.63, 3.8) is 0 Å². The number of ether oxygens (including phenoxy) is 4. The molecule has 572 valence electrons. The van der Waals surface area contributed by atoms with E-state index < -0.39 is 97.5 Å². The van der Waals surface area contributed by atoms with Crippen molar-refractivity contribution in [1.29, 1.82) is 0 Å². The number of phosphoric acid groups is 2. The number of allylic oxidation sites excluding steroid dienone is 4. The second-order valence-electron chi connectivity index (χ2n) is 28.1. The van der Waals surface area contributed by atoms with Crippen LogP contribution in [0.5, 0.6) is 0 Å². The minimum absolute atomic E-state index is 0.101. The van der Waals surface area contributed by atoms with Crippen molar-refractivity contribution < 1.29 is 80.2 Å². The van der Waals surface area contributed by atoms with Gasteiger partial charge in [-0.2, -0.15) is 0 Å². The molecule has 0 rings (SSSR count). The van der Waals surface area contributed by atoms with E-state index in [0.29, 0.717) is 25.7 Å². The second kappa shape index (κ2) is 69.3.